The zero-order valence-electron chi connectivity index (χ0n) is 9.45. The number of nitrogens with one attached hydrogen (secondary N) is 2. The predicted octanol–water partition coefficient (Wildman–Crippen LogP) is 0.516. The highest BCUT2D eigenvalue weighted by Crippen LogP contribution is 2.25. The smallest absolute Gasteiger partial charge is 0.288 e. The largest absolute Gasteiger partial charge is 0.296 e. The number of nitrogens with zero attached hydrogens (tertiary/aromatic N) is 3. The molecule has 1 aromatic rings. The van der Waals surface area contributed by atoms with E-state index in [2.05, 4.69) is 27.5 Å². The molecule has 6 nitrogen and oxygen atoms in total. The van der Waals surface area contributed by atoms with Gasteiger partial charge in [-0.2, -0.15) is 10.1 Å². The van der Waals surface area contributed by atoms with Crippen molar-refractivity contribution in [1.29, 1.82) is 0 Å². The fourth-order valence-corrected chi connectivity index (χ4v) is 1.68. The van der Waals surface area contributed by atoms with Crippen LogP contribution < -0.4 is 16.4 Å². The average Bonchev–Trinajstić information content (AvgIpc) is 2.56. The monoisotopic (exact) mass is 221 g/mol. The lowest BCUT2D eigenvalue weighted by molar-refractivity contribution is 0.246. The van der Waals surface area contributed by atoms with E-state index in [0.717, 1.165) is 12.8 Å². The van der Waals surface area contributed by atoms with Crippen molar-refractivity contribution in [3.63, 3.8) is 0 Å². The molecule has 0 unspecified atom stereocenters. The minimum Gasteiger partial charge on any atom is -0.288 e. The van der Waals surface area contributed by atoms with Gasteiger partial charge in [-0.3, -0.25) is 10.2 Å². The van der Waals surface area contributed by atoms with Crippen LogP contribution in [0.25, 0.3) is 0 Å². The number of fused-ring (bicyclic) bond motifs is 1. The molecule has 1 aliphatic rings. The summed E-state index contributed by atoms with van der Waals surface area (Å²) in [5.41, 5.74) is 5.70. The second kappa shape index (κ2) is 3.71. The van der Waals surface area contributed by atoms with Crippen molar-refractivity contribution in [2.75, 3.05) is 5.43 Å². The van der Waals surface area contributed by atoms with Crippen molar-refractivity contribution >= 4 is 5.95 Å². The molecule has 2 heterocycles. The number of hydrogen-bond donors (Lipinski definition) is 2. The van der Waals surface area contributed by atoms with Crippen LogP contribution in [0.1, 0.15) is 25.5 Å². The van der Waals surface area contributed by atoms with Gasteiger partial charge in [-0.25, -0.2) is 10.1 Å². The van der Waals surface area contributed by atoms with Gasteiger partial charge >= 0.3 is 0 Å². The fourth-order valence-electron chi connectivity index (χ4n) is 1.68. The number of aromatic nitrogens is 3. The Morgan fingerprint density at radius 1 is 1.62 bits per heavy atom. The highest BCUT2D eigenvalue weighted by atomic mass is 16.1. The quantitative estimate of drug-likeness (QED) is 0.728. The van der Waals surface area contributed by atoms with E-state index in [-0.39, 0.29) is 11.2 Å². The summed E-state index contributed by atoms with van der Waals surface area (Å²) < 4.78 is 1.72. The Hall–Kier alpha value is -1.69. The first-order valence-corrected chi connectivity index (χ1v) is 5.19. The molecule has 1 aliphatic heterocycles. The number of allylic oxidation sites excluding steroid dienone is 1. The van der Waals surface area contributed by atoms with Crippen LogP contribution in [0.3, 0.4) is 0 Å². The molecule has 0 radical (unpaired) electrons. The van der Waals surface area contributed by atoms with Crippen molar-refractivity contribution < 1.29 is 0 Å². The molecule has 2 rings (SSSR count). The van der Waals surface area contributed by atoms with Crippen molar-refractivity contribution in [2.24, 2.45) is 0 Å². The van der Waals surface area contributed by atoms with Gasteiger partial charge in [0.15, 0.2) is 0 Å². The normalized spacial score (nSPS) is 22.6. The summed E-state index contributed by atoms with van der Waals surface area (Å²) >= 11 is 0. The Labute approximate surface area is 93.4 Å². The van der Waals surface area contributed by atoms with Gasteiger partial charge in [0.25, 0.3) is 5.56 Å². The number of hydrogen-bond acceptors (Lipinski definition) is 5. The highest BCUT2D eigenvalue weighted by molar-refractivity contribution is 5.28. The van der Waals surface area contributed by atoms with Crippen molar-refractivity contribution in [3.05, 3.63) is 28.7 Å². The topological polar surface area (TPSA) is 71.8 Å². The summed E-state index contributed by atoms with van der Waals surface area (Å²) in [5.74, 6) is 0.460. The molecule has 1 atom stereocenters. The van der Waals surface area contributed by atoms with E-state index in [1.165, 1.54) is 0 Å². The number of anilines is 1. The molecule has 0 aliphatic carbocycles. The Morgan fingerprint density at radius 3 is 3.06 bits per heavy atom. The van der Waals surface area contributed by atoms with Gasteiger partial charge in [-0.05, 0) is 26.7 Å². The maximum atomic E-state index is 11.3. The SMILES string of the molecule is C=CCC[C@]1(C)NNc2nc(=O)c(C)nn21. The molecule has 0 bridgehead atoms. The van der Waals surface area contributed by atoms with E-state index in [0.29, 0.717) is 11.6 Å². The minimum absolute atomic E-state index is 0.298. The Kier molecular flexibility index (Phi) is 2.51. The summed E-state index contributed by atoms with van der Waals surface area (Å²) in [6.45, 7) is 7.36. The summed E-state index contributed by atoms with van der Waals surface area (Å²) in [7, 11) is 0. The van der Waals surface area contributed by atoms with Crippen LogP contribution in [0, 0.1) is 6.92 Å². The molecular formula is C10H15N5O. The first-order chi connectivity index (χ1) is 7.57. The van der Waals surface area contributed by atoms with Gasteiger partial charge in [-0.1, -0.05) is 6.08 Å². The van der Waals surface area contributed by atoms with Crippen LogP contribution in [0.5, 0.6) is 0 Å². The van der Waals surface area contributed by atoms with Crippen molar-refractivity contribution in [1.82, 2.24) is 20.2 Å². The maximum Gasteiger partial charge on any atom is 0.296 e. The molecule has 2 N–H and O–H groups in total. The summed E-state index contributed by atoms with van der Waals surface area (Å²) in [6.07, 6.45) is 3.54. The van der Waals surface area contributed by atoms with E-state index >= 15 is 0 Å². The molecule has 0 fully saturated rings. The van der Waals surface area contributed by atoms with E-state index in [1.54, 1.807) is 11.6 Å². The van der Waals surface area contributed by atoms with E-state index < -0.39 is 0 Å². The average molecular weight is 221 g/mol. The third-order valence-corrected chi connectivity index (χ3v) is 2.71. The summed E-state index contributed by atoms with van der Waals surface area (Å²) in [6, 6.07) is 0. The molecular weight excluding hydrogens is 206 g/mol. The van der Waals surface area contributed by atoms with Gasteiger partial charge in [-0.15, -0.1) is 6.58 Å². The van der Waals surface area contributed by atoms with Crippen LogP contribution in [0.2, 0.25) is 0 Å². The van der Waals surface area contributed by atoms with E-state index in [4.69, 9.17) is 0 Å². The van der Waals surface area contributed by atoms with E-state index in [1.807, 2.05) is 13.0 Å². The zero-order chi connectivity index (χ0) is 11.8. The Morgan fingerprint density at radius 2 is 2.38 bits per heavy atom. The molecule has 0 aromatic carbocycles. The van der Waals surface area contributed by atoms with Gasteiger partial charge < -0.3 is 0 Å². The van der Waals surface area contributed by atoms with Crippen LogP contribution >= 0.6 is 0 Å². The summed E-state index contributed by atoms with van der Waals surface area (Å²) in [5, 5.41) is 4.24. The molecule has 0 saturated heterocycles. The second-order valence-electron chi connectivity index (χ2n) is 4.09. The Bertz CT molecular complexity index is 481. The lowest BCUT2D eigenvalue weighted by Gasteiger charge is -2.24. The van der Waals surface area contributed by atoms with Gasteiger partial charge in [0.2, 0.25) is 5.95 Å². The molecule has 6 heteroatoms. The molecule has 86 valence electrons. The van der Waals surface area contributed by atoms with Crippen LogP contribution in [-0.2, 0) is 5.66 Å². The fraction of sp³-hybridized carbons (Fsp3) is 0.500. The third-order valence-electron chi connectivity index (χ3n) is 2.71. The molecule has 0 amide bonds. The van der Waals surface area contributed by atoms with Crippen molar-refractivity contribution in [2.45, 2.75) is 32.4 Å². The third kappa shape index (κ3) is 1.61. The molecule has 1 aromatic heterocycles. The standard InChI is InChI=1S/C10H15N5O/c1-4-5-6-10(3)14-12-9-11-8(16)7(2)13-15(9)10/h4,14H,1,5-6H2,2-3H3,(H,11,12,16)/t10-/m1/s1. The van der Waals surface area contributed by atoms with Crippen molar-refractivity contribution in [3.8, 4) is 0 Å². The van der Waals surface area contributed by atoms with Gasteiger partial charge in [0.05, 0.1) is 0 Å². The first-order valence-electron chi connectivity index (χ1n) is 5.19. The highest BCUT2D eigenvalue weighted by Gasteiger charge is 2.34. The lowest BCUT2D eigenvalue weighted by atomic mass is 10.1. The first kappa shape index (κ1) is 10.8. The van der Waals surface area contributed by atoms with Gasteiger partial charge in [0, 0.05) is 0 Å². The molecule has 0 saturated carbocycles. The number of hydrazine groups is 1. The molecule has 16 heavy (non-hydrogen) atoms. The number of rotatable bonds is 3. The van der Waals surface area contributed by atoms with E-state index in [9.17, 15) is 4.79 Å². The van der Waals surface area contributed by atoms with Crippen LogP contribution in [0.15, 0.2) is 17.4 Å². The Balaban J connectivity index is 2.42. The molecule has 0 spiro atoms. The van der Waals surface area contributed by atoms with Crippen LogP contribution in [0.4, 0.5) is 5.95 Å². The summed E-state index contributed by atoms with van der Waals surface area (Å²) in [4.78, 5) is 15.2. The minimum atomic E-state index is -0.366. The zero-order valence-corrected chi connectivity index (χ0v) is 9.45. The lowest BCUT2D eigenvalue weighted by Crippen LogP contribution is -2.41. The van der Waals surface area contributed by atoms with Gasteiger partial charge in [0.1, 0.15) is 11.4 Å². The number of aryl methyl sites for hydroxylation is 1. The maximum absolute atomic E-state index is 11.3. The predicted molar refractivity (Wildman–Crippen MR) is 60.9 cm³/mol. The second-order valence-corrected chi connectivity index (χ2v) is 4.09. The van der Waals surface area contributed by atoms with Crippen LogP contribution in [-0.4, -0.2) is 14.8 Å².